The number of hydrogen-bond acceptors (Lipinski definition) is 2. The van der Waals surface area contributed by atoms with Crippen molar-refractivity contribution in [1.29, 1.82) is 0 Å². The predicted octanol–water partition coefficient (Wildman–Crippen LogP) is 2.93. The molecule has 112 valence electrons. The van der Waals surface area contributed by atoms with Gasteiger partial charge in [-0.1, -0.05) is 6.42 Å². The standard InChI is InChI=1S/C14H19F2NO2S/c1-9(2)20(18,19)17-14-5-3-4-13(14)10-6-11(15)8-12(16)7-10/h6-9,13-14,17H,3-5H2,1-2H3/t13-,14-/m0/s1. The molecule has 1 fully saturated rings. The summed E-state index contributed by atoms with van der Waals surface area (Å²) >= 11 is 0. The maximum absolute atomic E-state index is 13.3. The van der Waals surface area contributed by atoms with Crippen molar-refractivity contribution in [2.75, 3.05) is 0 Å². The van der Waals surface area contributed by atoms with Crippen LogP contribution in [0, 0.1) is 11.6 Å². The molecular weight excluding hydrogens is 284 g/mol. The van der Waals surface area contributed by atoms with E-state index in [4.69, 9.17) is 0 Å². The Balaban J connectivity index is 2.23. The van der Waals surface area contributed by atoms with Crippen molar-refractivity contribution in [3.05, 3.63) is 35.4 Å². The molecule has 3 nitrogen and oxygen atoms in total. The van der Waals surface area contributed by atoms with Crippen molar-refractivity contribution >= 4 is 10.0 Å². The van der Waals surface area contributed by atoms with Crippen molar-refractivity contribution in [3.63, 3.8) is 0 Å². The third kappa shape index (κ3) is 3.35. The molecule has 2 rings (SSSR count). The summed E-state index contributed by atoms with van der Waals surface area (Å²) in [5.41, 5.74) is 0.524. The third-order valence-electron chi connectivity index (χ3n) is 3.77. The average Bonchev–Trinajstić information content (AvgIpc) is 2.74. The van der Waals surface area contributed by atoms with E-state index in [1.165, 1.54) is 12.1 Å². The Hall–Kier alpha value is -1.01. The minimum Gasteiger partial charge on any atom is -0.212 e. The van der Waals surface area contributed by atoms with Gasteiger partial charge >= 0.3 is 0 Å². The molecule has 1 saturated carbocycles. The van der Waals surface area contributed by atoms with Crippen LogP contribution in [0.4, 0.5) is 8.78 Å². The summed E-state index contributed by atoms with van der Waals surface area (Å²) in [5.74, 6) is -1.43. The van der Waals surface area contributed by atoms with Gasteiger partial charge in [-0.3, -0.25) is 0 Å². The topological polar surface area (TPSA) is 46.2 Å². The van der Waals surface area contributed by atoms with Crippen molar-refractivity contribution in [2.24, 2.45) is 0 Å². The molecule has 0 spiro atoms. The normalized spacial score (nSPS) is 23.4. The van der Waals surface area contributed by atoms with Crippen LogP contribution in [0.5, 0.6) is 0 Å². The van der Waals surface area contributed by atoms with Gasteiger partial charge in [0.1, 0.15) is 11.6 Å². The second kappa shape index (κ2) is 5.77. The summed E-state index contributed by atoms with van der Waals surface area (Å²) in [5, 5.41) is -0.520. The van der Waals surface area contributed by atoms with Gasteiger partial charge in [0.05, 0.1) is 5.25 Å². The van der Waals surface area contributed by atoms with E-state index in [1.54, 1.807) is 13.8 Å². The fraction of sp³-hybridized carbons (Fsp3) is 0.571. The van der Waals surface area contributed by atoms with Crippen LogP contribution in [-0.2, 0) is 10.0 Å². The summed E-state index contributed by atoms with van der Waals surface area (Å²) in [4.78, 5) is 0. The molecule has 0 amide bonds. The van der Waals surface area contributed by atoms with Gasteiger partial charge in [-0.2, -0.15) is 0 Å². The first kappa shape index (κ1) is 15.4. The van der Waals surface area contributed by atoms with Crippen LogP contribution in [0.2, 0.25) is 0 Å². The second-order valence-corrected chi connectivity index (χ2v) is 7.83. The molecule has 0 aliphatic heterocycles. The van der Waals surface area contributed by atoms with E-state index in [0.717, 1.165) is 18.9 Å². The molecule has 6 heteroatoms. The predicted molar refractivity (Wildman–Crippen MR) is 73.9 cm³/mol. The lowest BCUT2D eigenvalue weighted by molar-refractivity contribution is 0.514. The molecule has 0 unspecified atom stereocenters. The molecule has 0 heterocycles. The summed E-state index contributed by atoms with van der Waals surface area (Å²) in [6.07, 6.45) is 2.26. The molecule has 0 bridgehead atoms. The summed E-state index contributed by atoms with van der Waals surface area (Å²) < 4.78 is 53.1. The molecule has 1 aromatic carbocycles. The molecule has 1 aliphatic rings. The number of hydrogen-bond donors (Lipinski definition) is 1. The lowest BCUT2D eigenvalue weighted by atomic mass is 9.94. The number of rotatable bonds is 4. The second-order valence-electron chi connectivity index (χ2n) is 5.56. The monoisotopic (exact) mass is 303 g/mol. The molecule has 1 N–H and O–H groups in total. The number of benzene rings is 1. The van der Waals surface area contributed by atoms with Crippen LogP contribution < -0.4 is 4.72 Å². The smallest absolute Gasteiger partial charge is 0.212 e. The number of nitrogens with one attached hydrogen (secondary N) is 1. The molecule has 2 atom stereocenters. The van der Waals surface area contributed by atoms with Gasteiger partial charge in [0, 0.05) is 18.0 Å². The quantitative estimate of drug-likeness (QED) is 0.929. The highest BCUT2D eigenvalue weighted by Crippen LogP contribution is 2.35. The van der Waals surface area contributed by atoms with E-state index < -0.39 is 26.9 Å². The summed E-state index contributed by atoms with van der Waals surface area (Å²) in [6, 6.07) is 3.11. The van der Waals surface area contributed by atoms with Crippen molar-refractivity contribution in [1.82, 2.24) is 4.72 Å². The zero-order valence-corrected chi connectivity index (χ0v) is 12.4. The molecular formula is C14H19F2NO2S. The first-order chi connectivity index (χ1) is 9.29. The first-order valence-corrected chi connectivity index (χ1v) is 8.31. The molecule has 0 radical (unpaired) electrons. The molecule has 20 heavy (non-hydrogen) atoms. The Morgan fingerprint density at radius 3 is 2.30 bits per heavy atom. The summed E-state index contributed by atoms with van der Waals surface area (Å²) in [7, 11) is -3.38. The lowest BCUT2D eigenvalue weighted by Gasteiger charge is -2.22. The molecule has 1 aliphatic carbocycles. The number of sulfonamides is 1. The highest BCUT2D eigenvalue weighted by molar-refractivity contribution is 7.90. The van der Waals surface area contributed by atoms with E-state index in [1.807, 2.05) is 0 Å². The first-order valence-electron chi connectivity index (χ1n) is 6.77. The van der Waals surface area contributed by atoms with Gasteiger partial charge in [0.25, 0.3) is 0 Å². The van der Waals surface area contributed by atoms with Gasteiger partial charge in [0.15, 0.2) is 0 Å². The van der Waals surface area contributed by atoms with Crippen LogP contribution in [0.3, 0.4) is 0 Å². The highest BCUT2D eigenvalue weighted by Gasteiger charge is 2.33. The molecule has 0 aromatic heterocycles. The Labute approximate surface area is 118 Å². The maximum atomic E-state index is 13.3. The van der Waals surface area contributed by atoms with Gasteiger partial charge in [-0.05, 0) is 44.4 Å². The van der Waals surface area contributed by atoms with Gasteiger partial charge in [-0.15, -0.1) is 0 Å². The van der Waals surface area contributed by atoms with E-state index in [0.29, 0.717) is 12.0 Å². The van der Waals surface area contributed by atoms with E-state index in [2.05, 4.69) is 4.72 Å². The van der Waals surface area contributed by atoms with Crippen LogP contribution in [0.15, 0.2) is 18.2 Å². The van der Waals surface area contributed by atoms with Crippen molar-refractivity contribution in [2.45, 2.75) is 50.3 Å². The Morgan fingerprint density at radius 1 is 1.15 bits per heavy atom. The van der Waals surface area contributed by atoms with Gasteiger partial charge in [-0.25, -0.2) is 21.9 Å². The maximum Gasteiger partial charge on any atom is 0.214 e. The number of halogens is 2. The minimum absolute atomic E-state index is 0.172. The lowest BCUT2D eigenvalue weighted by Crippen LogP contribution is -2.40. The van der Waals surface area contributed by atoms with E-state index in [-0.39, 0.29) is 12.0 Å². The Kier molecular flexibility index (Phi) is 4.44. The fourth-order valence-corrected chi connectivity index (χ4v) is 3.61. The summed E-state index contributed by atoms with van der Waals surface area (Å²) in [6.45, 7) is 3.21. The van der Waals surface area contributed by atoms with Gasteiger partial charge < -0.3 is 0 Å². The van der Waals surface area contributed by atoms with Crippen LogP contribution in [0.25, 0.3) is 0 Å². The van der Waals surface area contributed by atoms with Crippen molar-refractivity contribution in [3.8, 4) is 0 Å². The molecule has 1 aromatic rings. The zero-order chi connectivity index (χ0) is 14.9. The van der Waals surface area contributed by atoms with E-state index in [9.17, 15) is 17.2 Å². The zero-order valence-electron chi connectivity index (χ0n) is 11.6. The van der Waals surface area contributed by atoms with Gasteiger partial charge in [0.2, 0.25) is 10.0 Å². The largest absolute Gasteiger partial charge is 0.214 e. The van der Waals surface area contributed by atoms with Crippen LogP contribution in [-0.4, -0.2) is 19.7 Å². The van der Waals surface area contributed by atoms with Crippen LogP contribution in [0.1, 0.15) is 44.6 Å². The Morgan fingerprint density at radius 2 is 1.75 bits per heavy atom. The fourth-order valence-electron chi connectivity index (χ4n) is 2.64. The van der Waals surface area contributed by atoms with Crippen molar-refractivity contribution < 1.29 is 17.2 Å². The highest BCUT2D eigenvalue weighted by atomic mass is 32.2. The van der Waals surface area contributed by atoms with Crippen LogP contribution >= 0.6 is 0 Å². The SMILES string of the molecule is CC(C)S(=O)(=O)N[C@H]1CCC[C@H]1c1cc(F)cc(F)c1. The van der Waals surface area contributed by atoms with E-state index >= 15 is 0 Å². The minimum atomic E-state index is -3.38. The Bertz CT molecular complexity index is 567. The average molecular weight is 303 g/mol. The molecule has 0 saturated heterocycles. The third-order valence-corrected chi connectivity index (χ3v) is 5.64.